The number of nitrogens with zero attached hydrogens (tertiary/aromatic N) is 2. The maximum atomic E-state index is 13.3. The van der Waals surface area contributed by atoms with Crippen molar-refractivity contribution in [2.45, 2.75) is 18.4 Å². The first kappa shape index (κ1) is 16.9. The van der Waals surface area contributed by atoms with Crippen LogP contribution >= 0.6 is 0 Å². The Kier molecular flexibility index (Phi) is 4.66. The monoisotopic (exact) mass is 362 g/mol. The van der Waals surface area contributed by atoms with E-state index < -0.39 is 15.8 Å². The predicted octanol–water partition coefficient (Wildman–Crippen LogP) is 2.93. The van der Waals surface area contributed by atoms with Crippen molar-refractivity contribution in [2.24, 2.45) is 0 Å². The van der Waals surface area contributed by atoms with Crippen LogP contribution in [0.2, 0.25) is 0 Å². The molecule has 0 spiro atoms. The number of nitrogens with one attached hydrogen (secondary N) is 2. The molecule has 2 N–H and O–H groups in total. The van der Waals surface area contributed by atoms with E-state index in [1.165, 1.54) is 25.1 Å². The van der Waals surface area contributed by atoms with Gasteiger partial charge in [0.2, 0.25) is 0 Å². The van der Waals surface area contributed by atoms with Crippen molar-refractivity contribution in [1.29, 1.82) is 0 Å². The Bertz CT molecular complexity index is 958. The first-order valence-electron chi connectivity index (χ1n) is 7.33. The van der Waals surface area contributed by atoms with E-state index in [1.807, 2.05) is 6.07 Å². The van der Waals surface area contributed by atoms with Crippen LogP contribution in [0.3, 0.4) is 0 Å². The van der Waals surface area contributed by atoms with E-state index >= 15 is 0 Å². The molecular formula is C16H15FN4O3S. The third kappa shape index (κ3) is 4.13. The third-order valence-corrected chi connectivity index (χ3v) is 4.72. The molecule has 0 fully saturated rings. The second kappa shape index (κ2) is 6.89. The van der Waals surface area contributed by atoms with Gasteiger partial charge in [-0.3, -0.25) is 4.72 Å². The van der Waals surface area contributed by atoms with Crippen LogP contribution in [0.5, 0.6) is 0 Å². The van der Waals surface area contributed by atoms with Crippen LogP contribution in [0.15, 0.2) is 58.0 Å². The molecule has 130 valence electrons. The number of furan rings is 1. The molecule has 0 saturated carbocycles. The summed E-state index contributed by atoms with van der Waals surface area (Å²) in [5, 5.41) is 10.7. The van der Waals surface area contributed by atoms with Crippen LogP contribution < -0.4 is 10.0 Å². The number of rotatable bonds is 6. The average Bonchev–Trinajstić information content (AvgIpc) is 3.10. The lowest BCUT2D eigenvalue weighted by Crippen LogP contribution is -2.15. The molecule has 0 saturated heterocycles. The summed E-state index contributed by atoms with van der Waals surface area (Å²) >= 11 is 0. The summed E-state index contributed by atoms with van der Waals surface area (Å²) < 4.78 is 45.4. The highest BCUT2D eigenvalue weighted by Crippen LogP contribution is 2.17. The molecule has 3 rings (SSSR count). The zero-order valence-electron chi connectivity index (χ0n) is 13.2. The van der Waals surface area contributed by atoms with E-state index in [0.29, 0.717) is 12.4 Å². The van der Waals surface area contributed by atoms with Gasteiger partial charge >= 0.3 is 0 Å². The number of aromatic nitrogens is 2. The highest BCUT2D eigenvalue weighted by atomic mass is 32.2. The van der Waals surface area contributed by atoms with E-state index in [-0.39, 0.29) is 16.3 Å². The van der Waals surface area contributed by atoms with E-state index in [1.54, 1.807) is 18.4 Å². The van der Waals surface area contributed by atoms with Crippen LogP contribution in [-0.2, 0) is 16.6 Å². The molecule has 3 aromatic rings. The molecule has 25 heavy (non-hydrogen) atoms. The minimum absolute atomic E-state index is 0.0479. The van der Waals surface area contributed by atoms with Gasteiger partial charge in [-0.05, 0) is 55.0 Å². The van der Waals surface area contributed by atoms with Crippen molar-refractivity contribution in [1.82, 2.24) is 10.2 Å². The van der Waals surface area contributed by atoms with E-state index in [0.717, 1.165) is 11.8 Å². The zero-order chi connectivity index (χ0) is 17.9. The lowest BCUT2D eigenvalue weighted by molar-refractivity contribution is 0.517. The lowest BCUT2D eigenvalue weighted by Gasteiger charge is -2.08. The topological polar surface area (TPSA) is 97.1 Å². The highest BCUT2D eigenvalue weighted by Gasteiger charge is 2.16. The summed E-state index contributed by atoms with van der Waals surface area (Å²) in [6.07, 6.45) is 1.57. The average molecular weight is 362 g/mol. The van der Waals surface area contributed by atoms with Crippen LogP contribution in [0.25, 0.3) is 0 Å². The highest BCUT2D eigenvalue weighted by molar-refractivity contribution is 7.92. The van der Waals surface area contributed by atoms with Gasteiger partial charge in [0.15, 0.2) is 5.82 Å². The standard InChI is InChI=1S/C16H15FN4O3S/c1-11-9-13(4-5-14(11)17)25(22,23)21-16-7-6-15(19-20-16)18-10-12-3-2-8-24-12/h2-9H,10H2,1H3,(H,18,19)(H,20,21). The summed E-state index contributed by atoms with van der Waals surface area (Å²) in [5.74, 6) is 0.798. The van der Waals surface area contributed by atoms with Gasteiger partial charge in [0.25, 0.3) is 10.0 Å². The molecule has 0 atom stereocenters. The molecule has 0 amide bonds. The van der Waals surface area contributed by atoms with Gasteiger partial charge in [-0.2, -0.15) is 0 Å². The fourth-order valence-corrected chi connectivity index (χ4v) is 3.13. The Hall–Kier alpha value is -2.94. The number of sulfonamides is 1. The summed E-state index contributed by atoms with van der Waals surface area (Å²) in [6, 6.07) is 10.2. The summed E-state index contributed by atoms with van der Waals surface area (Å²) in [4.78, 5) is -0.0479. The van der Waals surface area contributed by atoms with Gasteiger partial charge in [0, 0.05) is 0 Å². The van der Waals surface area contributed by atoms with E-state index in [4.69, 9.17) is 4.42 Å². The molecule has 2 aromatic heterocycles. The molecule has 0 bridgehead atoms. The van der Waals surface area contributed by atoms with Crippen LogP contribution in [0.4, 0.5) is 16.0 Å². The molecule has 9 heteroatoms. The number of hydrogen-bond acceptors (Lipinski definition) is 6. The Morgan fingerprint density at radius 3 is 2.52 bits per heavy atom. The van der Waals surface area contributed by atoms with Crippen molar-refractivity contribution < 1.29 is 17.2 Å². The van der Waals surface area contributed by atoms with Crippen molar-refractivity contribution in [3.8, 4) is 0 Å². The van der Waals surface area contributed by atoms with Gasteiger partial charge in [-0.1, -0.05) is 0 Å². The Labute approximate surface area is 144 Å². The molecule has 7 nitrogen and oxygen atoms in total. The summed E-state index contributed by atoms with van der Waals surface area (Å²) in [7, 11) is -3.87. The van der Waals surface area contributed by atoms with Gasteiger partial charge < -0.3 is 9.73 Å². The van der Waals surface area contributed by atoms with E-state index in [9.17, 15) is 12.8 Å². The molecule has 0 radical (unpaired) electrons. The normalized spacial score (nSPS) is 11.3. The van der Waals surface area contributed by atoms with Gasteiger partial charge in [0.1, 0.15) is 17.4 Å². The number of halogens is 1. The third-order valence-electron chi connectivity index (χ3n) is 3.37. The maximum Gasteiger partial charge on any atom is 0.263 e. The smallest absolute Gasteiger partial charge is 0.263 e. The Balaban J connectivity index is 1.68. The number of aryl methyl sites for hydroxylation is 1. The SMILES string of the molecule is Cc1cc(S(=O)(=O)Nc2ccc(NCc3ccco3)nn2)ccc1F. The molecule has 2 heterocycles. The first-order chi connectivity index (χ1) is 11.9. The molecular weight excluding hydrogens is 347 g/mol. The molecule has 0 unspecified atom stereocenters. The second-order valence-corrected chi connectivity index (χ2v) is 6.94. The fourth-order valence-electron chi connectivity index (χ4n) is 2.05. The van der Waals surface area contributed by atoms with Crippen LogP contribution in [0.1, 0.15) is 11.3 Å². The van der Waals surface area contributed by atoms with Crippen LogP contribution in [-0.4, -0.2) is 18.6 Å². The lowest BCUT2D eigenvalue weighted by atomic mass is 10.2. The van der Waals surface area contributed by atoms with Gasteiger partial charge in [-0.25, -0.2) is 12.8 Å². The van der Waals surface area contributed by atoms with Gasteiger partial charge in [0.05, 0.1) is 17.7 Å². The van der Waals surface area contributed by atoms with Crippen molar-refractivity contribution in [3.63, 3.8) is 0 Å². The van der Waals surface area contributed by atoms with Gasteiger partial charge in [-0.15, -0.1) is 10.2 Å². The quantitative estimate of drug-likeness (QED) is 0.700. The zero-order valence-corrected chi connectivity index (χ0v) is 14.0. The molecule has 0 aliphatic heterocycles. The number of hydrogen-bond donors (Lipinski definition) is 2. The van der Waals surface area contributed by atoms with Crippen molar-refractivity contribution in [3.05, 3.63) is 65.9 Å². The Morgan fingerprint density at radius 2 is 1.88 bits per heavy atom. The molecule has 0 aliphatic carbocycles. The largest absolute Gasteiger partial charge is 0.467 e. The summed E-state index contributed by atoms with van der Waals surface area (Å²) in [5.41, 5.74) is 0.242. The maximum absolute atomic E-state index is 13.3. The molecule has 1 aromatic carbocycles. The van der Waals surface area contributed by atoms with Crippen LogP contribution in [0, 0.1) is 12.7 Å². The Morgan fingerprint density at radius 1 is 1.12 bits per heavy atom. The predicted molar refractivity (Wildman–Crippen MR) is 90.0 cm³/mol. The van der Waals surface area contributed by atoms with E-state index in [2.05, 4.69) is 20.2 Å². The molecule has 0 aliphatic rings. The second-order valence-electron chi connectivity index (χ2n) is 5.25. The summed E-state index contributed by atoms with van der Waals surface area (Å²) in [6.45, 7) is 1.93. The van der Waals surface area contributed by atoms with Crippen molar-refractivity contribution in [2.75, 3.05) is 10.0 Å². The minimum Gasteiger partial charge on any atom is -0.467 e. The number of anilines is 2. The first-order valence-corrected chi connectivity index (χ1v) is 8.81. The fraction of sp³-hybridized carbons (Fsp3) is 0.125. The van der Waals surface area contributed by atoms with Crippen molar-refractivity contribution >= 4 is 21.7 Å². The minimum atomic E-state index is -3.87. The number of benzene rings is 1.